The Morgan fingerprint density at radius 3 is 0.722 bits per heavy atom. The van der Waals surface area contributed by atoms with E-state index in [9.17, 15) is 4.79 Å². The SMILES string of the molecule is CC(=O)[N]=[Rh].[CH3-].[Rh].[Rh].[Rh].[Rh].[Rh].[Rh].[Rh].[Rh].[Rh].[Rh].[Rh].[Rh]. The molecule has 0 aromatic rings. The summed E-state index contributed by atoms with van der Waals surface area (Å²) < 4.78 is 3.14. The molecule has 0 spiro atoms. The Balaban J connectivity index is -0.00000000103. The Bertz CT molecular complexity index is 73.3. The number of hydrogen-bond donors (Lipinski definition) is 0. The molecule has 0 atom stereocenters. The van der Waals surface area contributed by atoms with Crippen LogP contribution in [0.15, 0.2) is 3.68 Å². The Kier molecular flexibility index (Phi) is 653. The second-order valence-electron chi connectivity index (χ2n) is 0.594. The Morgan fingerprint density at radius 2 is 0.722 bits per heavy atom. The number of carbonyl (C=O) groups is 1. The average molecular weight is 1410 g/mol. The zero-order chi connectivity index (χ0) is 4.28. The second-order valence-corrected chi connectivity index (χ2v) is 0.960. The minimum Gasteiger partial charge on any atom is -0.358 e. The molecule has 12 radical (unpaired) electrons. The van der Waals surface area contributed by atoms with Gasteiger partial charge in [0.1, 0.15) is 0 Å². The molecule has 0 N–H and O–H groups in total. The molecule has 2 nitrogen and oxygen atoms in total. The summed E-state index contributed by atoms with van der Waals surface area (Å²) in [7, 11) is 0. The molecule has 0 rings (SSSR count). The third kappa shape index (κ3) is 131. The van der Waals surface area contributed by atoms with Crippen LogP contribution in [0.4, 0.5) is 0 Å². The summed E-state index contributed by atoms with van der Waals surface area (Å²) in [6, 6.07) is 0. The van der Waals surface area contributed by atoms with E-state index in [0.717, 1.165) is 0 Å². The molecular formula is C3H6NORh13-. The van der Waals surface area contributed by atoms with Crippen molar-refractivity contribution >= 4 is 5.91 Å². The summed E-state index contributed by atoms with van der Waals surface area (Å²) in [6.45, 7) is 1.39. The van der Waals surface area contributed by atoms with Crippen LogP contribution in [0.2, 0.25) is 0 Å². The predicted molar refractivity (Wildman–Crippen MR) is 19.5 cm³/mol. The maximum atomic E-state index is 9.62. The number of nitrogens with zero attached hydrogens (tertiary/aromatic N) is 1. The van der Waals surface area contributed by atoms with Crippen molar-refractivity contribution in [3.63, 3.8) is 0 Å². The molecule has 0 aliphatic heterocycles. The van der Waals surface area contributed by atoms with Gasteiger partial charge in [-0.15, -0.1) is 0 Å². The number of amides is 1. The minimum absolute atomic E-state index is 0. The molecule has 0 saturated carbocycles. The summed E-state index contributed by atoms with van der Waals surface area (Å²) in [4.78, 5) is 9.62. The van der Waals surface area contributed by atoms with Crippen LogP contribution in [-0.2, 0) is 257 Å². The van der Waals surface area contributed by atoms with Gasteiger partial charge >= 0.3 is 39.4 Å². The first-order chi connectivity index (χ1) is 2.27. The molecule has 0 heterocycles. The van der Waals surface area contributed by atoms with Crippen LogP contribution in [0, 0.1) is 7.43 Å². The van der Waals surface area contributed by atoms with Gasteiger partial charge in [0.2, 0.25) is 0 Å². The van der Waals surface area contributed by atoms with E-state index in [1.807, 2.05) is 0 Å². The van der Waals surface area contributed by atoms with Gasteiger partial charge in [-0.25, -0.2) is 0 Å². The summed E-state index contributed by atoms with van der Waals surface area (Å²) in [5, 5.41) is 0. The number of rotatable bonds is 0. The monoisotopic (exact) mass is 1410 g/mol. The third-order valence-corrected chi connectivity index (χ3v) is 0.621. The summed E-state index contributed by atoms with van der Waals surface area (Å²) >= 11 is 2.13. The molecular weight excluding hydrogens is 1400 g/mol. The van der Waals surface area contributed by atoms with Crippen molar-refractivity contribution in [2.75, 3.05) is 0 Å². The van der Waals surface area contributed by atoms with Gasteiger partial charge in [-0.2, -0.15) is 0 Å². The topological polar surface area (TPSA) is 29.4 Å². The van der Waals surface area contributed by atoms with Crippen molar-refractivity contribution in [3.8, 4) is 0 Å². The van der Waals surface area contributed by atoms with Gasteiger partial charge < -0.3 is 7.43 Å². The van der Waals surface area contributed by atoms with Crippen LogP contribution >= 0.6 is 0 Å². The van der Waals surface area contributed by atoms with Crippen LogP contribution < -0.4 is 0 Å². The normalized spacial score (nSPS) is 1.89. The molecule has 1 amide bonds. The first kappa shape index (κ1) is 115. The molecule has 18 heavy (non-hydrogen) atoms. The summed E-state index contributed by atoms with van der Waals surface area (Å²) in [5.74, 6) is -0.169. The van der Waals surface area contributed by atoms with Gasteiger partial charge in [0.15, 0.2) is 0 Å². The van der Waals surface area contributed by atoms with Gasteiger partial charge in [0, 0.05) is 234 Å². The molecule has 0 fully saturated rings. The molecule has 15 heteroatoms. The molecule has 0 aliphatic carbocycles. The van der Waals surface area contributed by atoms with E-state index >= 15 is 0 Å². The van der Waals surface area contributed by atoms with Gasteiger partial charge in [0.25, 0.3) is 0 Å². The van der Waals surface area contributed by atoms with E-state index in [4.69, 9.17) is 0 Å². The molecule has 0 saturated heterocycles. The van der Waals surface area contributed by atoms with Gasteiger partial charge in [0.05, 0.1) is 0 Å². The molecule has 0 unspecified atom stereocenters. The van der Waals surface area contributed by atoms with E-state index in [-0.39, 0.29) is 247 Å². The average Bonchev–Trinajstić information content (AvgIpc) is 1.38. The van der Waals surface area contributed by atoms with Crippen molar-refractivity contribution < 1.29 is 257 Å². The van der Waals surface area contributed by atoms with E-state index in [1.54, 1.807) is 0 Å². The van der Waals surface area contributed by atoms with Crippen molar-refractivity contribution in [1.82, 2.24) is 0 Å². The Labute approximate surface area is 274 Å². The predicted octanol–water partition coefficient (Wildman–Crippen LogP) is 0.684. The Morgan fingerprint density at radius 1 is 0.667 bits per heavy atom. The first-order valence-corrected chi connectivity index (χ1v) is 1.81. The van der Waals surface area contributed by atoms with Crippen LogP contribution in [0.25, 0.3) is 0 Å². The fraction of sp³-hybridized carbons (Fsp3) is 0.333. The maximum Gasteiger partial charge on any atom is 0 e. The molecule has 0 bridgehead atoms. The van der Waals surface area contributed by atoms with Gasteiger partial charge in [-0.05, 0) is 0 Å². The fourth-order valence-electron chi connectivity index (χ4n) is 0. The van der Waals surface area contributed by atoms with Gasteiger partial charge in [-0.1, -0.05) is 0 Å². The quantitative estimate of drug-likeness (QED) is 0.260. The van der Waals surface area contributed by atoms with Crippen LogP contribution in [0.5, 0.6) is 0 Å². The molecule has 0 aromatic carbocycles. The van der Waals surface area contributed by atoms with Crippen molar-refractivity contribution in [2.45, 2.75) is 6.92 Å². The number of hydrogen-bond acceptors (Lipinski definition) is 1. The largest absolute Gasteiger partial charge is 0.358 e. The maximum absolute atomic E-state index is 9.62. The van der Waals surface area contributed by atoms with Crippen LogP contribution in [0.3, 0.4) is 0 Å². The van der Waals surface area contributed by atoms with Crippen molar-refractivity contribution in [3.05, 3.63) is 7.43 Å². The first-order valence-electron chi connectivity index (χ1n) is 1.08. The van der Waals surface area contributed by atoms with Gasteiger partial charge in [-0.3, -0.25) is 0 Å². The van der Waals surface area contributed by atoms with E-state index < -0.39 is 0 Å². The standard InChI is InChI=1S/C2H3NO.CH3.13Rh/c1-2(3)4;;;;;;;;;;;;;;/h1H3;1H3;;;;;;;;;;;;;/q;-1;;;;;;;;;;;;;. The summed E-state index contributed by atoms with van der Waals surface area (Å²) in [6.07, 6.45) is 0. The van der Waals surface area contributed by atoms with Crippen molar-refractivity contribution in [1.29, 1.82) is 0 Å². The van der Waals surface area contributed by atoms with Crippen LogP contribution in [-0.4, -0.2) is 5.91 Å². The Hall–Kier alpha value is 7.57. The smallest absolute Gasteiger partial charge is 0 e. The van der Waals surface area contributed by atoms with Crippen LogP contribution in [0.1, 0.15) is 6.92 Å². The fourth-order valence-corrected chi connectivity index (χ4v) is 0. The molecule has 0 aromatic heterocycles. The molecule has 147 valence electrons. The van der Waals surface area contributed by atoms with Crippen molar-refractivity contribution in [2.24, 2.45) is 3.68 Å². The number of carbonyl (C=O) groups excluding carboxylic acids is 1. The second kappa shape index (κ2) is 102. The van der Waals surface area contributed by atoms with E-state index in [0.29, 0.717) is 0 Å². The minimum atomic E-state index is -0.169. The zero-order valence-electron chi connectivity index (χ0n) is 7.69. The molecule has 0 aliphatic rings. The zero-order valence-corrected chi connectivity index (χ0v) is 29.0. The third-order valence-electron chi connectivity index (χ3n) is 0.105. The summed E-state index contributed by atoms with van der Waals surface area (Å²) in [5.41, 5.74) is 0. The van der Waals surface area contributed by atoms with E-state index in [2.05, 4.69) is 21.8 Å². The van der Waals surface area contributed by atoms with E-state index in [1.165, 1.54) is 6.92 Å².